The van der Waals surface area contributed by atoms with Crippen LogP contribution in [0.3, 0.4) is 0 Å². The minimum absolute atomic E-state index is 0.0902. The highest BCUT2D eigenvalue weighted by Crippen LogP contribution is 2.30. The molecule has 2 N–H and O–H groups in total. The van der Waals surface area contributed by atoms with E-state index in [1.54, 1.807) is 0 Å². The molecule has 0 saturated heterocycles. The van der Waals surface area contributed by atoms with Crippen LogP contribution in [0.1, 0.15) is 29.4 Å². The van der Waals surface area contributed by atoms with Crippen molar-refractivity contribution in [2.45, 2.75) is 33.9 Å². The van der Waals surface area contributed by atoms with Gasteiger partial charge in [-0.3, -0.25) is 9.78 Å². The summed E-state index contributed by atoms with van der Waals surface area (Å²) in [6, 6.07) is 18.0. The lowest BCUT2D eigenvalue weighted by molar-refractivity contribution is -0.119. The summed E-state index contributed by atoms with van der Waals surface area (Å²) in [4.78, 5) is 15.8. The van der Waals surface area contributed by atoms with Gasteiger partial charge in [0.05, 0.1) is 0 Å². The molecule has 1 amide bonds. The number of hydrogen-bond acceptors (Lipinski definition) is 6. The van der Waals surface area contributed by atoms with E-state index in [1.807, 2.05) is 56.3 Å². The average Bonchev–Trinajstić information content (AvgIpc) is 3.32. The summed E-state index contributed by atoms with van der Waals surface area (Å²) in [6.45, 7) is 6.14. The number of benzene rings is 2. The summed E-state index contributed by atoms with van der Waals surface area (Å²) in [5.74, 6) is 1.20. The number of carbonyl (C=O) groups excluding carboxylic acids is 1. The Kier molecular flexibility index (Phi) is 6.21. The van der Waals surface area contributed by atoms with Gasteiger partial charge < -0.3 is 10.1 Å². The molecule has 0 fully saturated rings. The first kappa shape index (κ1) is 21.2. The SMILES string of the molecule is CC(=O)NCc1c(OCc2ccc(-c3ccccc3-c3nn[nH]n3)cc2)cc(C)nc1C. The van der Waals surface area contributed by atoms with Crippen LogP contribution in [0, 0.1) is 13.8 Å². The number of hydrogen-bond donors (Lipinski definition) is 2. The fraction of sp³-hybridized carbons (Fsp3) is 0.208. The number of ether oxygens (including phenoxy) is 1. The molecule has 2 heterocycles. The van der Waals surface area contributed by atoms with Gasteiger partial charge in [0, 0.05) is 42.0 Å². The van der Waals surface area contributed by atoms with E-state index in [0.717, 1.165) is 45.0 Å². The van der Waals surface area contributed by atoms with Crippen molar-refractivity contribution in [3.63, 3.8) is 0 Å². The molecule has 0 aliphatic carbocycles. The molecule has 0 saturated carbocycles. The maximum absolute atomic E-state index is 11.3. The largest absolute Gasteiger partial charge is 0.488 e. The van der Waals surface area contributed by atoms with E-state index in [1.165, 1.54) is 6.92 Å². The van der Waals surface area contributed by atoms with Gasteiger partial charge in [-0.05, 0) is 35.8 Å². The minimum Gasteiger partial charge on any atom is -0.488 e. The topological polar surface area (TPSA) is 106 Å². The number of aryl methyl sites for hydroxylation is 2. The van der Waals surface area contributed by atoms with Gasteiger partial charge in [-0.25, -0.2) is 0 Å². The highest BCUT2D eigenvalue weighted by Gasteiger charge is 2.12. The quantitative estimate of drug-likeness (QED) is 0.464. The number of aromatic nitrogens is 5. The first-order valence-corrected chi connectivity index (χ1v) is 10.3. The van der Waals surface area contributed by atoms with E-state index in [0.29, 0.717) is 19.0 Å². The molecule has 8 heteroatoms. The molecule has 4 rings (SSSR count). The zero-order valence-electron chi connectivity index (χ0n) is 18.2. The molecule has 0 aliphatic heterocycles. The lowest BCUT2D eigenvalue weighted by Gasteiger charge is -2.15. The van der Waals surface area contributed by atoms with Crippen molar-refractivity contribution in [1.82, 2.24) is 30.9 Å². The lowest BCUT2D eigenvalue weighted by Crippen LogP contribution is -2.20. The Hall–Kier alpha value is -4.07. The van der Waals surface area contributed by atoms with Gasteiger partial charge in [0.15, 0.2) is 0 Å². The molecule has 32 heavy (non-hydrogen) atoms. The molecule has 0 atom stereocenters. The summed E-state index contributed by atoms with van der Waals surface area (Å²) in [7, 11) is 0. The second-order valence-electron chi connectivity index (χ2n) is 7.50. The summed E-state index contributed by atoms with van der Waals surface area (Å²) in [5, 5.41) is 17.2. The maximum Gasteiger partial charge on any atom is 0.217 e. The van der Waals surface area contributed by atoms with Crippen LogP contribution < -0.4 is 10.1 Å². The highest BCUT2D eigenvalue weighted by molar-refractivity contribution is 5.80. The summed E-state index contributed by atoms with van der Waals surface area (Å²) >= 11 is 0. The van der Waals surface area contributed by atoms with Gasteiger partial charge in [0.1, 0.15) is 12.4 Å². The molecule has 2 aromatic heterocycles. The Morgan fingerprint density at radius 2 is 1.81 bits per heavy atom. The van der Waals surface area contributed by atoms with Crippen molar-refractivity contribution in [1.29, 1.82) is 0 Å². The number of tetrazole rings is 1. The third-order valence-corrected chi connectivity index (χ3v) is 5.10. The van der Waals surface area contributed by atoms with Gasteiger partial charge in [0.2, 0.25) is 11.7 Å². The number of pyridine rings is 1. The van der Waals surface area contributed by atoms with Crippen molar-refractivity contribution in [2.75, 3.05) is 0 Å². The Labute approximate surface area is 186 Å². The van der Waals surface area contributed by atoms with E-state index >= 15 is 0 Å². The van der Waals surface area contributed by atoms with E-state index in [4.69, 9.17) is 4.74 Å². The number of nitrogens with zero attached hydrogens (tertiary/aromatic N) is 4. The molecule has 162 valence electrons. The molecule has 0 spiro atoms. The van der Waals surface area contributed by atoms with Crippen molar-refractivity contribution in [2.24, 2.45) is 0 Å². The van der Waals surface area contributed by atoms with Gasteiger partial charge in [-0.1, -0.05) is 48.5 Å². The van der Waals surface area contributed by atoms with Crippen LogP contribution in [-0.2, 0) is 17.9 Å². The van der Waals surface area contributed by atoms with Gasteiger partial charge in [-0.15, -0.1) is 10.2 Å². The molecule has 0 unspecified atom stereocenters. The monoisotopic (exact) mass is 428 g/mol. The van der Waals surface area contributed by atoms with Crippen LogP contribution in [0.15, 0.2) is 54.6 Å². The van der Waals surface area contributed by atoms with Crippen LogP contribution in [-0.4, -0.2) is 31.5 Å². The second kappa shape index (κ2) is 9.38. The zero-order valence-corrected chi connectivity index (χ0v) is 18.2. The fourth-order valence-electron chi connectivity index (χ4n) is 3.52. The smallest absolute Gasteiger partial charge is 0.217 e. The molecule has 8 nitrogen and oxygen atoms in total. The first-order valence-electron chi connectivity index (χ1n) is 10.3. The van der Waals surface area contributed by atoms with E-state index in [-0.39, 0.29) is 5.91 Å². The molecule has 2 aromatic carbocycles. The third kappa shape index (κ3) is 4.80. The van der Waals surface area contributed by atoms with Crippen LogP contribution in [0.25, 0.3) is 22.5 Å². The Morgan fingerprint density at radius 3 is 2.50 bits per heavy atom. The Morgan fingerprint density at radius 1 is 1.06 bits per heavy atom. The predicted octanol–water partition coefficient (Wildman–Crippen LogP) is 3.76. The molecule has 0 aliphatic rings. The minimum atomic E-state index is -0.0902. The van der Waals surface area contributed by atoms with Crippen molar-refractivity contribution in [3.05, 3.63) is 77.1 Å². The summed E-state index contributed by atoms with van der Waals surface area (Å²) in [6.07, 6.45) is 0. The van der Waals surface area contributed by atoms with E-state index < -0.39 is 0 Å². The highest BCUT2D eigenvalue weighted by atomic mass is 16.5. The Balaban J connectivity index is 1.52. The van der Waals surface area contributed by atoms with E-state index in [9.17, 15) is 4.79 Å². The van der Waals surface area contributed by atoms with Gasteiger partial charge >= 0.3 is 0 Å². The van der Waals surface area contributed by atoms with Crippen molar-refractivity contribution in [3.8, 4) is 28.3 Å². The number of amides is 1. The van der Waals surface area contributed by atoms with Gasteiger partial charge in [0.25, 0.3) is 0 Å². The number of H-pyrrole nitrogens is 1. The summed E-state index contributed by atoms with van der Waals surface area (Å²) < 4.78 is 6.12. The third-order valence-electron chi connectivity index (χ3n) is 5.10. The first-order chi connectivity index (χ1) is 15.5. The molecular weight excluding hydrogens is 404 g/mol. The van der Waals surface area contributed by atoms with Crippen LogP contribution in [0.5, 0.6) is 5.75 Å². The molecule has 0 radical (unpaired) electrons. The Bertz CT molecular complexity index is 1220. The van der Waals surface area contributed by atoms with Crippen LogP contribution in [0.4, 0.5) is 0 Å². The van der Waals surface area contributed by atoms with Gasteiger partial charge in [-0.2, -0.15) is 5.21 Å². The molecular formula is C24H24N6O2. The maximum atomic E-state index is 11.3. The normalized spacial score (nSPS) is 10.7. The number of carbonyl (C=O) groups is 1. The lowest BCUT2D eigenvalue weighted by atomic mass is 9.98. The molecule has 4 aromatic rings. The molecule has 0 bridgehead atoms. The zero-order chi connectivity index (χ0) is 22.5. The second-order valence-corrected chi connectivity index (χ2v) is 7.50. The fourth-order valence-corrected chi connectivity index (χ4v) is 3.52. The predicted molar refractivity (Wildman–Crippen MR) is 121 cm³/mol. The van der Waals surface area contributed by atoms with E-state index in [2.05, 4.69) is 43.1 Å². The van der Waals surface area contributed by atoms with Crippen molar-refractivity contribution < 1.29 is 9.53 Å². The average molecular weight is 428 g/mol. The number of rotatable bonds is 7. The summed E-state index contributed by atoms with van der Waals surface area (Å²) in [5.41, 5.74) is 6.63. The number of aromatic amines is 1. The standard InChI is InChI=1S/C24H24N6O2/c1-15-12-23(22(16(2)26-15)13-25-17(3)31)32-14-18-8-10-19(11-9-18)20-6-4-5-7-21(20)24-27-29-30-28-24/h4-12H,13-14H2,1-3H3,(H,25,31)(H,27,28,29,30). The van der Waals surface area contributed by atoms with Crippen LogP contribution >= 0.6 is 0 Å². The van der Waals surface area contributed by atoms with Crippen LogP contribution in [0.2, 0.25) is 0 Å². The number of nitrogens with one attached hydrogen (secondary N) is 2. The van der Waals surface area contributed by atoms with Crippen molar-refractivity contribution >= 4 is 5.91 Å².